The van der Waals surface area contributed by atoms with E-state index in [0.29, 0.717) is 5.69 Å². The average Bonchev–Trinajstić information content (AvgIpc) is 2.58. The number of hydrogen-bond acceptors (Lipinski definition) is 5. The lowest BCUT2D eigenvalue weighted by Crippen LogP contribution is -2.42. The van der Waals surface area contributed by atoms with Gasteiger partial charge >= 0.3 is 5.97 Å². The Labute approximate surface area is 150 Å². The molecule has 0 saturated carbocycles. The van der Waals surface area contributed by atoms with Gasteiger partial charge in [-0.15, -0.1) is 0 Å². The smallest absolute Gasteiger partial charge is 0.326 e. The van der Waals surface area contributed by atoms with Crippen LogP contribution in [0.15, 0.2) is 24.3 Å². The van der Waals surface area contributed by atoms with Gasteiger partial charge in [-0.05, 0) is 30.7 Å². The number of amides is 2. The van der Waals surface area contributed by atoms with Crippen molar-refractivity contribution in [3.8, 4) is 0 Å². The Bertz CT molecular complexity index is 749. The lowest BCUT2D eigenvalue weighted by Gasteiger charge is -2.14. The summed E-state index contributed by atoms with van der Waals surface area (Å²) in [4.78, 5) is 34.7. The molecule has 0 radical (unpaired) electrons. The van der Waals surface area contributed by atoms with Crippen molar-refractivity contribution in [2.45, 2.75) is 32.2 Å². The summed E-state index contributed by atoms with van der Waals surface area (Å²) in [5.74, 6) is -3.44. The molecule has 1 unspecified atom stereocenters. The zero-order chi connectivity index (χ0) is 19.7. The predicted octanol–water partition coefficient (Wildman–Crippen LogP) is 0.939. The van der Waals surface area contributed by atoms with Crippen LogP contribution in [0.25, 0.3) is 0 Å². The van der Waals surface area contributed by atoms with Crippen molar-refractivity contribution in [1.82, 2.24) is 5.32 Å². The number of carbonyl (C=O) groups is 3. The van der Waals surface area contributed by atoms with Crippen LogP contribution in [0, 0.1) is 5.82 Å². The number of sulfone groups is 1. The third-order valence-electron chi connectivity index (χ3n) is 3.50. The summed E-state index contributed by atoms with van der Waals surface area (Å²) < 4.78 is 35.7. The summed E-state index contributed by atoms with van der Waals surface area (Å²) in [6.45, 7) is 1.45. The normalized spacial score (nSPS) is 12.2. The zero-order valence-corrected chi connectivity index (χ0v) is 15.0. The molecular formula is C16H21FN2O6S. The molecule has 0 aliphatic carbocycles. The molecule has 0 aromatic heterocycles. The maximum atomic E-state index is 12.8. The number of halogens is 1. The van der Waals surface area contributed by atoms with Crippen molar-refractivity contribution in [2.75, 3.05) is 16.8 Å². The molecule has 2 amide bonds. The lowest BCUT2D eigenvalue weighted by molar-refractivity contribution is -0.141. The second kappa shape index (κ2) is 9.85. The van der Waals surface area contributed by atoms with Gasteiger partial charge in [0.15, 0.2) is 0 Å². The topological polar surface area (TPSA) is 130 Å². The molecule has 1 aromatic rings. The van der Waals surface area contributed by atoms with Crippen LogP contribution in [0.4, 0.5) is 10.1 Å². The van der Waals surface area contributed by atoms with Gasteiger partial charge in [0.05, 0.1) is 5.75 Å². The van der Waals surface area contributed by atoms with E-state index in [1.807, 2.05) is 0 Å². The van der Waals surface area contributed by atoms with Crippen LogP contribution in [-0.4, -0.2) is 48.9 Å². The Morgan fingerprint density at radius 2 is 1.69 bits per heavy atom. The van der Waals surface area contributed by atoms with Crippen LogP contribution in [0.5, 0.6) is 0 Å². The number of carbonyl (C=O) groups excluding carboxylic acids is 2. The fourth-order valence-corrected chi connectivity index (χ4v) is 2.83. The SMILES string of the molecule is CCS(=O)(=O)CCC(NC(=O)CCC(=O)Nc1ccc(F)cc1)C(=O)O. The first-order chi connectivity index (χ1) is 12.1. The van der Waals surface area contributed by atoms with E-state index in [2.05, 4.69) is 10.6 Å². The maximum absolute atomic E-state index is 12.8. The molecule has 1 rings (SSSR count). The Morgan fingerprint density at radius 1 is 1.12 bits per heavy atom. The van der Waals surface area contributed by atoms with Gasteiger partial charge in [-0.3, -0.25) is 9.59 Å². The molecule has 3 N–H and O–H groups in total. The minimum atomic E-state index is -3.35. The average molecular weight is 388 g/mol. The monoisotopic (exact) mass is 388 g/mol. The van der Waals surface area contributed by atoms with Crippen molar-refractivity contribution in [2.24, 2.45) is 0 Å². The highest BCUT2D eigenvalue weighted by molar-refractivity contribution is 7.91. The number of hydrogen-bond donors (Lipinski definition) is 3. The highest BCUT2D eigenvalue weighted by Gasteiger charge is 2.22. The molecule has 1 aromatic carbocycles. The summed E-state index contributed by atoms with van der Waals surface area (Å²) in [6.07, 6.45) is -0.723. The zero-order valence-electron chi connectivity index (χ0n) is 14.2. The van der Waals surface area contributed by atoms with Gasteiger partial charge in [0.2, 0.25) is 11.8 Å². The van der Waals surface area contributed by atoms with Crippen LogP contribution < -0.4 is 10.6 Å². The molecular weight excluding hydrogens is 367 g/mol. The van der Waals surface area contributed by atoms with Crippen molar-refractivity contribution in [3.63, 3.8) is 0 Å². The largest absolute Gasteiger partial charge is 0.480 e. The molecule has 0 aliphatic rings. The summed E-state index contributed by atoms with van der Waals surface area (Å²) in [5, 5.41) is 13.7. The van der Waals surface area contributed by atoms with Gasteiger partial charge in [-0.1, -0.05) is 6.92 Å². The lowest BCUT2D eigenvalue weighted by atomic mass is 10.2. The van der Waals surface area contributed by atoms with Crippen LogP contribution in [0.1, 0.15) is 26.2 Å². The van der Waals surface area contributed by atoms with E-state index in [9.17, 15) is 27.2 Å². The van der Waals surface area contributed by atoms with Crippen molar-refractivity contribution < 1.29 is 32.3 Å². The summed E-state index contributed by atoms with van der Waals surface area (Å²) in [5.41, 5.74) is 0.366. The number of carboxylic acid groups (broad SMARTS) is 1. The number of aliphatic carboxylic acids is 1. The molecule has 0 spiro atoms. The number of nitrogens with one attached hydrogen (secondary N) is 2. The number of benzene rings is 1. The Hall–Kier alpha value is -2.49. The molecule has 0 fully saturated rings. The predicted molar refractivity (Wildman–Crippen MR) is 92.8 cm³/mol. The van der Waals surface area contributed by atoms with E-state index in [0.717, 1.165) is 0 Å². The van der Waals surface area contributed by atoms with E-state index in [1.165, 1.54) is 31.2 Å². The summed E-state index contributed by atoms with van der Waals surface area (Å²) in [7, 11) is -3.35. The first-order valence-electron chi connectivity index (χ1n) is 7.91. The highest BCUT2D eigenvalue weighted by Crippen LogP contribution is 2.09. The van der Waals surface area contributed by atoms with E-state index in [-0.39, 0.29) is 30.8 Å². The third kappa shape index (κ3) is 8.06. The third-order valence-corrected chi connectivity index (χ3v) is 5.24. The fourth-order valence-electron chi connectivity index (χ4n) is 1.95. The molecule has 0 heterocycles. The van der Waals surface area contributed by atoms with E-state index in [1.54, 1.807) is 0 Å². The Kier molecular flexibility index (Phi) is 8.17. The van der Waals surface area contributed by atoms with Gasteiger partial charge in [0.1, 0.15) is 21.7 Å². The second-order valence-corrected chi connectivity index (χ2v) is 8.01. The van der Waals surface area contributed by atoms with Crippen molar-refractivity contribution >= 4 is 33.3 Å². The summed E-state index contributed by atoms with van der Waals surface area (Å²) in [6, 6.07) is 3.72. The molecule has 10 heteroatoms. The number of anilines is 1. The first-order valence-corrected chi connectivity index (χ1v) is 9.73. The standard InChI is InChI=1S/C16H21FN2O6S/c1-2-26(24,25)10-9-13(16(22)23)19-15(21)8-7-14(20)18-12-5-3-11(17)4-6-12/h3-6,13H,2,7-10H2,1H3,(H,18,20)(H,19,21)(H,22,23). The van der Waals surface area contributed by atoms with Crippen molar-refractivity contribution in [1.29, 1.82) is 0 Å². The van der Waals surface area contributed by atoms with Crippen LogP contribution in [0.3, 0.4) is 0 Å². The maximum Gasteiger partial charge on any atom is 0.326 e. The highest BCUT2D eigenvalue weighted by atomic mass is 32.2. The van der Waals surface area contributed by atoms with Crippen molar-refractivity contribution in [3.05, 3.63) is 30.1 Å². The van der Waals surface area contributed by atoms with Crippen LogP contribution in [0.2, 0.25) is 0 Å². The first kappa shape index (κ1) is 21.6. The molecule has 144 valence electrons. The van der Waals surface area contributed by atoms with E-state index < -0.39 is 39.5 Å². The molecule has 0 aliphatic heterocycles. The number of rotatable bonds is 10. The van der Waals surface area contributed by atoms with Gasteiger partial charge in [-0.2, -0.15) is 0 Å². The van der Waals surface area contributed by atoms with Gasteiger partial charge < -0.3 is 15.7 Å². The minimum absolute atomic E-state index is 0.114. The fraction of sp³-hybridized carbons (Fsp3) is 0.438. The van der Waals surface area contributed by atoms with Crippen LogP contribution >= 0.6 is 0 Å². The van der Waals surface area contributed by atoms with Gasteiger partial charge in [0.25, 0.3) is 0 Å². The van der Waals surface area contributed by atoms with E-state index in [4.69, 9.17) is 5.11 Å². The summed E-state index contributed by atoms with van der Waals surface area (Å²) >= 11 is 0. The number of carboxylic acids is 1. The molecule has 0 saturated heterocycles. The van der Waals surface area contributed by atoms with Gasteiger partial charge in [0, 0.05) is 24.3 Å². The van der Waals surface area contributed by atoms with Crippen LogP contribution in [-0.2, 0) is 24.2 Å². The van der Waals surface area contributed by atoms with Gasteiger partial charge in [-0.25, -0.2) is 17.6 Å². The molecule has 1 atom stereocenters. The molecule has 8 nitrogen and oxygen atoms in total. The quantitative estimate of drug-likeness (QED) is 0.547. The molecule has 0 bridgehead atoms. The second-order valence-electron chi connectivity index (χ2n) is 5.54. The Balaban J connectivity index is 2.46. The Morgan fingerprint density at radius 3 is 2.23 bits per heavy atom. The minimum Gasteiger partial charge on any atom is -0.480 e. The van der Waals surface area contributed by atoms with E-state index >= 15 is 0 Å². The molecule has 26 heavy (non-hydrogen) atoms.